The van der Waals surface area contributed by atoms with Crippen LogP contribution in [0, 0.1) is 0 Å². The molecule has 3 aromatic heterocycles. The number of pyridine rings is 1. The molecule has 9 heteroatoms. The van der Waals surface area contributed by atoms with Crippen molar-refractivity contribution in [2.24, 2.45) is 0 Å². The van der Waals surface area contributed by atoms with Gasteiger partial charge in [-0.2, -0.15) is 5.10 Å². The summed E-state index contributed by atoms with van der Waals surface area (Å²) in [4.78, 5) is 29.8. The Hall–Kier alpha value is -3.94. The summed E-state index contributed by atoms with van der Waals surface area (Å²) in [6.45, 7) is 0.355. The molecule has 0 aliphatic carbocycles. The Labute approximate surface area is 189 Å². The van der Waals surface area contributed by atoms with E-state index in [4.69, 9.17) is 5.73 Å². The van der Waals surface area contributed by atoms with Crippen LogP contribution >= 0.6 is 11.3 Å². The number of hydrogen-bond acceptors (Lipinski definition) is 7. The van der Waals surface area contributed by atoms with Crippen LogP contribution in [-0.4, -0.2) is 52.7 Å². The Morgan fingerprint density at radius 2 is 1.88 bits per heavy atom. The molecule has 0 atom stereocenters. The normalized spacial score (nSPS) is 10.7. The summed E-state index contributed by atoms with van der Waals surface area (Å²) < 4.78 is 2.57. The average Bonchev–Trinajstić information content (AvgIpc) is 3.41. The van der Waals surface area contributed by atoms with Crippen LogP contribution in [0.3, 0.4) is 0 Å². The third-order valence-corrected chi connectivity index (χ3v) is 6.34. The van der Waals surface area contributed by atoms with Crippen molar-refractivity contribution in [2.45, 2.75) is 6.54 Å². The Balaban J connectivity index is 1.65. The van der Waals surface area contributed by atoms with Crippen molar-refractivity contribution in [1.29, 1.82) is 0 Å². The molecule has 0 radical (unpaired) electrons. The van der Waals surface area contributed by atoms with Gasteiger partial charge in [-0.1, -0.05) is 24.3 Å². The molecule has 0 bridgehead atoms. The zero-order valence-electron chi connectivity index (χ0n) is 17.9. The van der Waals surface area contributed by atoms with E-state index >= 15 is 0 Å². The molecule has 4 rings (SSSR count). The minimum Gasteiger partial charge on any atom is -0.397 e. The van der Waals surface area contributed by atoms with Gasteiger partial charge in [0.1, 0.15) is 16.5 Å². The van der Waals surface area contributed by atoms with E-state index in [0.29, 0.717) is 22.8 Å². The molecule has 32 heavy (non-hydrogen) atoms. The van der Waals surface area contributed by atoms with Crippen LogP contribution in [0.4, 0.5) is 5.69 Å². The smallest absolute Gasteiger partial charge is 0.263 e. The second kappa shape index (κ2) is 8.66. The molecule has 0 fully saturated rings. The summed E-state index contributed by atoms with van der Waals surface area (Å²) in [7, 11) is 5.19. The monoisotopic (exact) mass is 446 g/mol. The average molecular weight is 447 g/mol. The van der Waals surface area contributed by atoms with E-state index in [2.05, 4.69) is 15.4 Å². The molecule has 0 saturated carbocycles. The van der Waals surface area contributed by atoms with Crippen molar-refractivity contribution in [3.63, 3.8) is 0 Å². The topological polar surface area (TPSA) is 106 Å². The highest BCUT2D eigenvalue weighted by atomic mass is 32.1. The summed E-state index contributed by atoms with van der Waals surface area (Å²) in [5, 5.41) is 7.81. The van der Waals surface area contributed by atoms with Crippen LogP contribution in [0.5, 0.6) is 0 Å². The van der Waals surface area contributed by atoms with Crippen molar-refractivity contribution in [3.05, 3.63) is 59.6 Å². The molecular formula is C23H22N6O2S. The first-order valence-electron chi connectivity index (χ1n) is 9.85. The molecule has 0 saturated heterocycles. The van der Waals surface area contributed by atoms with Crippen molar-refractivity contribution in [1.82, 2.24) is 25.0 Å². The quantitative estimate of drug-likeness (QED) is 0.441. The lowest BCUT2D eigenvalue weighted by atomic mass is 10.00. The van der Waals surface area contributed by atoms with Crippen LogP contribution in [0.25, 0.3) is 32.3 Å². The molecule has 162 valence electrons. The van der Waals surface area contributed by atoms with Gasteiger partial charge in [0.05, 0.1) is 23.1 Å². The van der Waals surface area contributed by atoms with E-state index in [1.54, 1.807) is 49.3 Å². The molecule has 4 aromatic rings. The molecule has 1 amide bonds. The minimum atomic E-state index is -0.205. The second-order valence-electron chi connectivity index (χ2n) is 7.43. The first kappa shape index (κ1) is 21.3. The number of thiophene rings is 1. The van der Waals surface area contributed by atoms with E-state index in [-0.39, 0.29) is 5.91 Å². The fourth-order valence-corrected chi connectivity index (χ4v) is 4.50. The number of carbonyl (C=O) groups is 1. The first-order valence-corrected chi connectivity index (χ1v) is 10.7. The number of anilines is 1. The van der Waals surface area contributed by atoms with Gasteiger partial charge in [-0.25, -0.2) is 4.79 Å². The molecular weight excluding hydrogens is 424 g/mol. The largest absolute Gasteiger partial charge is 0.397 e. The number of likely N-dealkylation sites (N-methyl/N-ethyl adjacent to an activating group) is 1. The van der Waals surface area contributed by atoms with Gasteiger partial charge in [0.25, 0.3) is 5.91 Å². The van der Waals surface area contributed by atoms with Crippen LogP contribution in [0.15, 0.2) is 54.7 Å². The molecule has 3 heterocycles. The van der Waals surface area contributed by atoms with Crippen LogP contribution in [0.1, 0.15) is 9.67 Å². The summed E-state index contributed by atoms with van der Waals surface area (Å²) in [6.07, 6.45) is 7.15. The summed E-state index contributed by atoms with van der Waals surface area (Å²) in [5.41, 5.74) is 11.1. The number of rotatable bonds is 6. The summed E-state index contributed by atoms with van der Waals surface area (Å²) in [5.74, 6) is 1.74. The number of nitrogens with zero attached hydrogens (tertiary/aromatic N) is 4. The fraction of sp³-hybridized carbons (Fsp3) is 0.174. The number of hydrogen-bond donors (Lipinski definition) is 2. The maximum absolute atomic E-state index is 12.1. The van der Waals surface area contributed by atoms with Gasteiger partial charge in [0.15, 0.2) is 0 Å². The Bertz CT molecular complexity index is 1350. The van der Waals surface area contributed by atoms with Gasteiger partial charge in [-0.3, -0.25) is 14.5 Å². The van der Waals surface area contributed by atoms with Gasteiger partial charge in [0.2, 0.25) is 0 Å². The number of allylic oxidation sites excluding steroid dienone is 1. The third kappa shape index (κ3) is 3.87. The number of fused-ring (bicyclic) bond motifs is 1. The van der Waals surface area contributed by atoms with E-state index in [1.807, 2.05) is 36.4 Å². The lowest BCUT2D eigenvalue weighted by Crippen LogP contribution is -2.17. The number of carbonyl (C=O) groups excluding carboxylic acids is 2. The predicted octanol–water partition coefficient (Wildman–Crippen LogP) is 3.05. The molecule has 1 aromatic carbocycles. The SMILES string of the molecule is CNC(=O)c1sc2cncc(-c3ccc(-c4cnn(CC(=C=O)N(C)C)c4)cc3)c2c1N. The molecule has 8 nitrogen and oxygen atoms in total. The lowest BCUT2D eigenvalue weighted by Gasteiger charge is -2.12. The second-order valence-corrected chi connectivity index (χ2v) is 8.48. The summed E-state index contributed by atoms with van der Waals surface area (Å²) in [6, 6.07) is 7.99. The third-order valence-electron chi connectivity index (χ3n) is 5.20. The highest BCUT2D eigenvalue weighted by Gasteiger charge is 2.18. The minimum absolute atomic E-state index is 0.205. The van der Waals surface area contributed by atoms with Gasteiger partial charge in [-0.15, -0.1) is 11.3 Å². The predicted molar refractivity (Wildman–Crippen MR) is 127 cm³/mol. The maximum atomic E-state index is 12.1. The number of nitrogens with two attached hydrogens (primary N) is 1. The molecule has 0 aliphatic rings. The number of amides is 1. The van der Waals surface area contributed by atoms with Gasteiger partial charge in [0, 0.05) is 56.2 Å². The Morgan fingerprint density at radius 1 is 1.16 bits per heavy atom. The van der Waals surface area contributed by atoms with E-state index in [9.17, 15) is 9.59 Å². The first-order chi connectivity index (χ1) is 15.4. The molecule has 3 N–H and O–H groups in total. The Morgan fingerprint density at radius 3 is 2.53 bits per heavy atom. The van der Waals surface area contributed by atoms with Crippen molar-refractivity contribution >= 4 is 39.0 Å². The van der Waals surface area contributed by atoms with Crippen LogP contribution in [-0.2, 0) is 11.3 Å². The fourth-order valence-electron chi connectivity index (χ4n) is 3.44. The Kier molecular flexibility index (Phi) is 5.77. The maximum Gasteiger partial charge on any atom is 0.263 e. The van der Waals surface area contributed by atoms with E-state index < -0.39 is 0 Å². The van der Waals surface area contributed by atoms with Crippen molar-refractivity contribution in [3.8, 4) is 22.3 Å². The van der Waals surface area contributed by atoms with Crippen LogP contribution in [0.2, 0.25) is 0 Å². The van der Waals surface area contributed by atoms with Gasteiger partial charge >= 0.3 is 0 Å². The summed E-state index contributed by atoms with van der Waals surface area (Å²) >= 11 is 1.33. The lowest BCUT2D eigenvalue weighted by molar-refractivity contribution is 0.0968. The van der Waals surface area contributed by atoms with Gasteiger partial charge in [-0.05, 0) is 11.1 Å². The number of nitrogen functional groups attached to an aromatic ring is 1. The van der Waals surface area contributed by atoms with Crippen molar-refractivity contribution in [2.75, 3.05) is 26.9 Å². The number of benzene rings is 1. The number of nitrogens with one attached hydrogen (secondary N) is 1. The van der Waals surface area contributed by atoms with Gasteiger partial charge < -0.3 is 16.0 Å². The highest BCUT2D eigenvalue weighted by Crippen LogP contribution is 2.39. The van der Waals surface area contributed by atoms with E-state index in [0.717, 1.165) is 32.3 Å². The number of aromatic nitrogens is 3. The van der Waals surface area contributed by atoms with Crippen molar-refractivity contribution < 1.29 is 9.59 Å². The molecule has 0 aliphatic heterocycles. The molecule has 0 unspecified atom stereocenters. The zero-order valence-corrected chi connectivity index (χ0v) is 18.7. The van der Waals surface area contributed by atoms with E-state index in [1.165, 1.54) is 11.3 Å². The zero-order chi connectivity index (χ0) is 22.8. The molecule has 0 spiro atoms. The highest BCUT2D eigenvalue weighted by molar-refractivity contribution is 7.21. The van der Waals surface area contributed by atoms with Crippen LogP contribution < -0.4 is 11.1 Å². The standard InChI is InChI=1S/C23H22N6O2S/c1-25-23(31)22-21(24)20-18(9-26-10-19(20)32-22)15-6-4-14(5-7-15)16-8-27-29(11-16)12-17(13-30)28(2)3/h4-11H,12,24H2,1-3H3,(H,25,31).